The number of nitrogens with zero attached hydrogens (tertiary/aromatic N) is 4. The average Bonchev–Trinajstić information content (AvgIpc) is 3.61. The molecule has 1 atom stereocenters. The monoisotopic (exact) mass is 477 g/mol. The Morgan fingerprint density at radius 3 is 2.56 bits per heavy atom. The molecule has 1 aliphatic carbocycles. The summed E-state index contributed by atoms with van der Waals surface area (Å²) in [5, 5.41) is 19.1. The highest BCUT2D eigenvalue weighted by Gasteiger charge is 2.48. The van der Waals surface area contributed by atoms with E-state index in [-0.39, 0.29) is 6.54 Å². The van der Waals surface area contributed by atoms with Gasteiger partial charge in [0.1, 0.15) is 6.54 Å². The van der Waals surface area contributed by atoms with E-state index in [0.717, 1.165) is 19.1 Å². The molecule has 2 aliphatic heterocycles. The summed E-state index contributed by atoms with van der Waals surface area (Å²) in [6.07, 6.45) is 5.77. The molecule has 2 saturated heterocycles. The SMILES string of the molecule is N#CCNC(=O)[C@@H]([NH-])CC(F)(F)Cc1cccnc1.O=C(O)N1CC2(CCN(C3CC3)CC2)C1. The molecule has 9 nitrogen and oxygen atoms in total. The van der Waals surface area contributed by atoms with E-state index in [4.69, 9.17) is 16.1 Å². The molecule has 4 rings (SSSR count). The number of piperidine rings is 1. The van der Waals surface area contributed by atoms with Crippen molar-refractivity contribution >= 4 is 12.0 Å². The fraction of sp³-hybridized carbons (Fsp3) is 0.652. The Balaban J connectivity index is 0.000000195. The number of halogens is 2. The molecule has 3 N–H and O–H groups in total. The fourth-order valence-electron chi connectivity index (χ4n) is 4.53. The zero-order valence-corrected chi connectivity index (χ0v) is 19.1. The molecule has 2 amide bonds. The Morgan fingerprint density at radius 2 is 2.03 bits per heavy atom. The average molecular weight is 478 g/mol. The first-order valence-corrected chi connectivity index (χ1v) is 11.5. The lowest BCUT2D eigenvalue weighted by molar-refractivity contribution is -0.123. The van der Waals surface area contributed by atoms with Gasteiger partial charge in [0.25, 0.3) is 5.92 Å². The molecular formula is C23H31F2N6O3-. The maximum absolute atomic E-state index is 13.6. The molecule has 0 aromatic carbocycles. The van der Waals surface area contributed by atoms with Crippen LogP contribution in [0.2, 0.25) is 0 Å². The van der Waals surface area contributed by atoms with Gasteiger partial charge in [0.15, 0.2) is 0 Å². The summed E-state index contributed by atoms with van der Waals surface area (Å²) in [5.41, 5.74) is 8.06. The molecule has 34 heavy (non-hydrogen) atoms. The van der Waals surface area contributed by atoms with Crippen LogP contribution in [0.25, 0.3) is 5.73 Å². The van der Waals surface area contributed by atoms with Crippen LogP contribution in [0.1, 0.15) is 37.7 Å². The Kier molecular flexibility index (Phi) is 8.38. The number of aromatic nitrogens is 1. The van der Waals surface area contributed by atoms with E-state index in [1.807, 2.05) is 0 Å². The molecule has 1 aromatic heterocycles. The Hall–Kier alpha value is -2.84. The largest absolute Gasteiger partial charge is 0.667 e. The van der Waals surface area contributed by atoms with E-state index in [9.17, 15) is 18.4 Å². The normalized spacial score (nSPS) is 20.4. The third kappa shape index (κ3) is 7.33. The van der Waals surface area contributed by atoms with Crippen LogP contribution in [0.15, 0.2) is 24.5 Å². The molecule has 3 heterocycles. The second-order valence-electron chi connectivity index (χ2n) is 9.43. The number of nitrogens with one attached hydrogen (secondary N) is 2. The van der Waals surface area contributed by atoms with Crippen LogP contribution in [0.3, 0.4) is 0 Å². The number of hydrogen-bond donors (Lipinski definition) is 2. The predicted octanol–water partition coefficient (Wildman–Crippen LogP) is 2.93. The quantitative estimate of drug-likeness (QED) is 0.580. The van der Waals surface area contributed by atoms with E-state index >= 15 is 0 Å². The lowest BCUT2D eigenvalue weighted by atomic mass is 9.72. The van der Waals surface area contributed by atoms with Gasteiger partial charge in [-0.2, -0.15) is 5.26 Å². The first kappa shape index (κ1) is 25.8. The summed E-state index contributed by atoms with van der Waals surface area (Å²) in [6, 6.07) is 3.98. The third-order valence-corrected chi connectivity index (χ3v) is 6.59. The molecule has 3 fully saturated rings. The number of amides is 2. The van der Waals surface area contributed by atoms with E-state index < -0.39 is 36.8 Å². The molecule has 186 valence electrons. The molecule has 3 aliphatic rings. The number of alkyl halides is 2. The van der Waals surface area contributed by atoms with Gasteiger partial charge in [0.05, 0.1) is 6.07 Å². The highest BCUT2D eigenvalue weighted by atomic mass is 19.3. The van der Waals surface area contributed by atoms with Crippen LogP contribution in [0.5, 0.6) is 0 Å². The van der Waals surface area contributed by atoms with E-state index in [1.54, 1.807) is 17.0 Å². The van der Waals surface area contributed by atoms with Crippen molar-refractivity contribution in [2.24, 2.45) is 5.41 Å². The van der Waals surface area contributed by atoms with Gasteiger partial charge in [-0.05, 0) is 50.4 Å². The lowest BCUT2D eigenvalue weighted by Gasteiger charge is -2.53. The van der Waals surface area contributed by atoms with Crippen molar-refractivity contribution in [1.29, 1.82) is 5.26 Å². The number of likely N-dealkylation sites (tertiary alicyclic amines) is 2. The molecule has 0 bridgehead atoms. The maximum atomic E-state index is 13.6. The summed E-state index contributed by atoms with van der Waals surface area (Å²) in [6.45, 7) is 3.65. The van der Waals surface area contributed by atoms with Gasteiger partial charge >= 0.3 is 6.09 Å². The summed E-state index contributed by atoms with van der Waals surface area (Å²) in [5.74, 6) is -4.04. The van der Waals surface area contributed by atoms with Crippen molar-refractivity contribution in [1.82, 2.24) is 20.1 Å². The van der Waals surface area contributed by atoms with Crippen LogP contribution >= 0.6 is 0 Å². The minimum Gasteiger partial charge on any atom is -0.667 e. The molecule has 0 radical (unpaired) electrons. The highest BCUT2D eigenvalue weighted by molar-refractivity contribution is 5.83. The van der Waals surface area contributed by atoms with Crippen molar-refractivity contribution in [2.45, 2.75) is 56.5 Å². The van der Waals surface area contributed by atoms with Gasteiger partial charge in [0, 0.05) is 49.8 Å². The minimum atomic E-state index is -3.17. The summed E-state index contributed by atoms with van der Waals surface area (Å²) in [7, 11) is 0. The lowest BCUT2D eigenvalue weighted by Crippen LogP contribution is -2.61. The van der Waals surface area contributed by atoms with Crippen molar-refractivity contribution < 1.29 is 23.5 Å². The van der Waals surface area contributed by atoms with Crippen LogP contribution < -0.4 is 5.32 Å². The maximum Gasteiger partial charge on any atom is 0.407 e. The summed E-state index contributed by atoms with van der Waals surface area (Å²) >= 11 is 0. The molecule has 1 aromatic rings. The Bertz CT molecular complexity index is 874. The predicted molar refractivity (Wildman–Crippen MR) is 120 cm³/mol. The van der Waals surface area contributed by atoms with Gasteiger partial charge in [-0.3, -0.25) is 9.78 Å². The number of rotatable bonds is 7. The van der Waals surface area contributed by atoms with Crippen molar-refractivity contribution in [2.75, 3.05) is 32.7 Å². The summed E-state index contributed by atoms with van der Waals surface area (Å²) < 4.78 is 27.3. The smallest absolute Gasteiger partial charge is 0.407 e. The van der Waals surface area contributed by atoms with Crippen LogP contribution in [-0.2, 0) is 11.2 Å². The van der Waals surface area contributed by atoms with Crippen LogP contribution in [-0.4, -0.2) is 82.6 Å². The van der Waals surface area contributed by atoms with Crippen LogP contribution in [0.4, 0.5) is 13.6 Å². The molecule has 1 saturated carbocycles. The van der Waals surface area contributed by atoms with Gasteiger partial charge < -0.3 is 26.0 Å². The van der Waals surface area contributed by atoms with Gasteiger partial charge in [-0.25, -0.2) is 13.6 Å². The van der Waals surface area contributed by atoms with Gasteiger partial charge in [-0.15, -0.1) is 0 Å². The molecule has 0 unspecified atom stereocenters. The van der Waals surface area contributed by atoms with E-state index in [0.29, 0.717) is 11.0 Å². The van der Waals surface area contributed by atoms with Gasteiger partial charge in [0.2, 0.25) is 5.91 Å². The van der Waals surface area contributed by atoms with Crippen molar-refractivity contribution in [3.05, 3.63) is 35.8 Å². The number of hydrogen-bond acceptors (Lipinski definition) is 5. The zero-order valence-electron chi connectivity index (χ0n) is 19.1. The second-order valence-corrected chi connectivity index (χ2v) is 9.43. The minimum absolute atomic E-state index is 0.289. The first-order chi connectivity index (χ1) is 16.1. The second kappa shape index (κ2) is 11.1. The third-order valence-electron chi connectivity index (χ3n) is 6.59. The van der Waals surface area contributed by atoms with Gasteiger partial charge in [-0.1, -0.05) is 12.1 Å². The topological polar surface area (TPSA) is 133 Å². The standard InChI is InChI=1S/C12H13F2N4O.C11H18N2O2/c13-12(14,6-9-2-1-4-17-8-9)7-10(16)11(19)18-5-3-15;14-10(15)13-7-11(8-13)3-5-12(6-4-11)9-1-2-9/h1-2,4,8,10,16H,5-7H2,(H,18,19);9H,1-8H2,(H,14,15)/q-1;/t10-;/m0./s1. The van der Waals surface area contributed by atoms with E-state index in [2.05, 4.69) is 15.2 Å². The number of carbonyl (C=O) groups excluding carboxylic acids is 1. The van der Waals surface area contributed by atoms with E-state index in [1.165, 1.54) is 57.2 Å². The summed E-state index contributed by atoms with van der Waals surface area (Å²) in [4.78, 5) is 29.8. The zero-order chi connectivity index (χ0) is 24.8. The highest BCUT2D eigenvalue weighted by Crippen LogP contribution is 2.42. The number of nitriles is 1. The van der Waals surface area contributed by atoms with Crippen LogP contribution in [0, 0.1) is 16.7 Å². The Labute approximate surface area is 197 Å². The Morgan fingerprint density at radius 1 is 1.35 bits per heavy atom. The van der Waals surface area contributed by atoms with Crippen molar-refractivity contribution in [3.8, 4) is 6.07 Å². The number of carbonyl (C=O) groups is 2. The van der Waals surface area contributed by atoms with Crippen molar-refractivity contribution in [3.63, 3.8) is 0 Å². The molecule has 1 spiro atoms. The fourth-order valence-corrected chi connectivity index (χ4v) is 4.53. The molecular weight excluding hydrogens is 446 g/mol. The number of pyridine rings is 1. The number of carboxylic acid groups (broad SMARTS) is 1. The first-order valence-electron chi connectivity index (χ1n) is 11.5. The molecule has 11 heteroatoms.